The lowest BCUT2D eigenvalue weighted by Crippen LogP contribution is -2.04. The van der Waals surface area contributed by atoms with Gasteiger partial charge >= 0.3 is 0 Å². The van der Waals surface area contributed by atoms with E-state index in [9.17, 15) is 10.1 Å². The summed E-state index contributed by atoms with van der Waals surface area (Å²) in [6.07, 6.45) is 0. The van der Waals surface area contributed by atoms with E-state index >= 15 is 0 Å². The van der Waals surface area contributed by atoms with Crippen LogP contribution >= 0.6 is 27.5 Å². The number of benzene rings is 2. The number of hydrogen-bond donors (Lipinski definition) is 1. The summed E-state index contributed by atoms with van der Waals surface area (Å²) in [5.41, 5.74) is 6.59. The number of nitro benzene ring substituents is 1. The minimum Gasteiger partial charge on any atom is -0.454 e. The molecule has 1 atom stereocenters. The van der Waals surface area contributed by atoms with E-state index in [0.29, 0.717) is 16.5 Å². The van der Waals surface area contributed by atoms with Gasteiger partial charge in [-0.15, -0.1) is 0 Å². The molecule has 0 aromatic heterocycles. The highest BCUT2D eigenvalue weighted by Crippen LogP contribution is 2.38. The van der Waals surface area contributed by atoms with Crippen molar-refractivity contribution in [2.45, 2.75) is 13.0 Å². The first-order valence-corrected chi connectivity index (χ1v) is 7.23. The van der Waals surface area contributed by atoms with Crippen LogP contribution in [0.15, 0.2) is 40.9 Å². The highest BCUT2D eigenvalue weighted by molar-refractivity contribution is 9.10. The average molecular weight is 372 g/mol. The summed E-state index contributed by atoms with van der Waals surface area (Å²) in [5.74, 6) is 0.724. The number of rotatable bonds is 4. The van der Waals surface area contributed by atoms with Crippen molar-refractivity contribution in [2.24, 2.45) is 5.73 Å². The second-order valence-corrected chi connectivity index (χ2v) is 5.63. The molecule has 0 bridgehead atoms. The van der Waals surface area contributed by atoms with Crippen molar-refractivity contribution in [1.82, 2.24) is 0 Å². The summed E-state index contributed by atoms with van der Waals surface area (Å²) >= 11 is 9.32. The fourth-order valence-corrected chi connectivity index (χ4v) is 2.44. The lowest BCUT2D eigenvalue weighted by atomic mass is 10.1. The number of nitro groups is 1. The van der Waals surface area contributed by atoms with Gasteiger partial charge in [-0.1, -0.05) is 23.7 Å². The number of nitrogens with zero attached hydrogens (tertiary/aromatic N) is 1. The number of halogens is 2. The van der Waals surface area contributed by atoms with Crippen LogP contribution in [0.2, 0.25) is 5.02 Å². The van der Waals surface area contributed by atoms with Gasteiger partial charge in [0.05, 0.1) is 9.95 Å². The first-order valence-electron chi connectivity index (χ1n) is 6.06. The van der Waals surface area contributed by atoms with E-state index in [4.69, 9.17) is 22.1 Å². The van der Waals surface area contributed by atoms with Crippen LogP contribution in [0.25, 0.3) is 0 Å². The first-order chi connectivity index (χ1) is 9.90. The van der Waals surface area contributed by atoms with Gasteiger partial charge in [0, 0.05) is 12.1 Å². The number of hydrogen-bond acceptors (Lipinski definition) is 4. The molecule has 21 heavy (non-hydrogen) atoms. The second-order valence-electron chi connectivity index (χ2n) is 4.43. The summed E-state index contributed by atoms with van der Waals surface area (Å²) in [7, 11) is 0. The molecular weight excluding hydrogens is 360 g/mol. The molecule has 0 heterocycles. The molecule has 1 unspecified atom stereocenters. The third-order valence-electron chi connectivity index (χ3n) is 2.84. The molecule has 7 heteroatoms. The predicted octanol–water partition coefficient (Wildman–Crippen LogP) is 4.82. The van der Waals surface area contributed by atoms with E-state index in [1.807, 2.05) is 6.92 Å². The van der Waals surface area contributed by atoms with Crippen molar-refractivity contribution in [3.63, 3.8) is 0 Å². The number of nitrogens with two attached hydrogens (primary N) is 1. The van der Waals surface area contributed by atoms with E-state index < -0.39 is 4.92 Å². The highest BCUT2D eigenvalue weighted by atomic mass is 79.9. The molecule has 110 valence electrons. The Balaban J connectivity index is 2.35. The molecule has 0 saturated heterocycles. The second kappa shape index (κ2) is 6.43. The van der Waals surface area contributed by atoms with Gasteiger partial charge in [-0.3, -0.25) is 10.1 Å². The van der Waals surface area contributed by atoms with Crippen molar-refractivity contribution >= 4 is 33.2 Å². The Bertz CT molecular complexity index is 692. The average Bonchev–Trinajstić information content (AvgIpc) is 2.42. The molecular formula is C14H12BrClN2O3. The van der Waals surface area contributed by atoms with Crippen molar-refractivity contribution in [3.05, 3.63) is 61.6 Å². The third kappa shape index (κ3) is 3.53. The van der Waals surface area contributed by atoms with E-state index in [-0.39, 0.29) is 16.2 Å². The Morgan fingerprint density at radius 3 is 2.62 bits per heavy atom. The Labute approximate surface area is 134 Å². The molecule has 0 amide bonds. The molecule has 0 fully saturated rings. The van der Waals surface area contributed by atoms with Gasteiger partial charge in [-0.05, 0) is 46.6 Å². The molecule has 0 saturated carbocycles. The maximum Gasteiger partial charge on any atom is 0.287 e. The standard InChI is InChI=1S/C14H12BrClN2O3/c1-8(17)9-5-6-12(10(16)7-9)21-13-4-2-3-11(14(13)15)18(19)20/h2-8H,17H2,1H3. The molecule has 0 aliphatic heterocycles. The van der Waals surface area contributed by atoms with Crippen LogP contribution in [-0.4, -0.2) is 4.92 Å². The van der Waals surface area contributed by atoms with Crippen LogP contribution in [0, 0.1) is 10.1 Å². The van der Waals surface area contributed by atoms with E-state index in [0.717, 1.165) is 5.56 Å². The molecule has 2 N–H and O–H groups in total. The minimum atomic E-state index is -0.488. The van der Waals surface area contributed by atoms with Crippen molar-refractivity contribution in [1.29, 1.82) is 0 Å². The van der Waals surface area contributed by atoms with Crippen LogP contribution in [0.5, 0.6) is 11.5 Å². The molecule has 2 aromatic rings. The van der Waals surface area contributed by atoms with E-state index in [2.05, 4.69) is 15.9 Å². The van der Waals surface area contributed by atoms with Crippen molar-refractivity contribution in [2.75, 3.05) is 0 Å². The lowest BCUT2D eigenvalue weighted by molar-refractivity contribution is -0.385. The lowest BCUT2D eigenvalue weighted by Gasteiger charge is -2.12. The van der Waals surface area contributed by atoms with Crippen LogP contribution < -0.4 is 10.5 Å². The summed E-state index contributed by atoms with van der Waals surface area (Å²) in [4.78, 5) is 10.4. The third-order valence-corrected chi connectivity index (χ3v) is 3.93. The predicted molar refractivity (Wildman–Crippen MR) is 84.9 cm³/mol. The largest absolute Gasteiger partial charge is 0.454 e. The fourth-order valence-electron chi connectivity index (χ4n) is 1.72. The van der Waals surface area contributed by atoms with Crippen molar-refractivity contribution in [3.8, 4) is 11.5 Å². The Hall–Kier alpha value is -1.63. The van der Waals surface area contributed by atoms with Gasteiger partial charge in [-0.25, -0.2) is 0 Å². The summed E-state index contributed by atoms with van der Waals surface area (Å²) in [6, 6.07) is 9.62. The molecule has 0 aliphatic carbocycles. The molecule has 0 spiro atoms. The normalized spacial score (nSPS) is 12.0. The maximum absolute atomic E-state index is 10.9. The van der Waals surface area contributed by atoms with E-state index in [1.54, 1.807) is 30.3 Å². The maximum atomic E-state index is 10.9. The van der Waals surface area contributed by atoms with Crippen LogP contribution in [-0.2, 0) is 0 Å². The van der Waals surface area contributed by atoms with Gasteiger partial charge in [0.2, 0.25) is 0 Å². The Kier molecular flexibility index (Phi) is 4.82. The van der Waals surface area contributed by atoms with Gasteiger partial charge in [0.25, 0.3) is 5.69 Å². The SMILES string of the molecule is CC(N)c1ccc(Oc2cccc([N+](=O)[O-])c2Br)c(Cl)c1. The smallest absolute Gasteiger partial charge is 0.287 e. The molecule has 0 radical (unpaired) electrons. The zero-order chi connectivity index (χ0) is 15.6. The van der Waals surface area contributed by atoms with Gasteiger partial charge in [0.1, 0.15) is 16.0 Å². The minimum absolute atomic E-state index is 0.0733. The topological polar surface area (TPSA) is 78.4 Å². The zero-order valence-corrected chi connectivity index (χ0v) is 13.4. The summed E-state index contributed by atoms with van der Waals surface area (Å²) in [6.45, 7) is 1.85. The highest BCUT2D eigenvalue weighted by Gasteiger charge is 2.17. The molecule has 5 nitrogen and oxygen atoms in total. The van der Waals surface area contributed by atoms with Crippen LogP contribution in [0.4, 0.5) is 5.69 Å². The first kappa shape index (κ1) is 15.8. The fraction of sp³-hybridized carbons (Fsp3) is 0.143. The number of ether oxygens (including phenoxy) is 1. The Morgan fingerprint density at radius 2 is 2.05 bits per heavy atom. The summed E-state index contributed by atoms with van der Waals surface area (Å²) < 4.78 is 5.91. The van der Waals surface area contributed by atoms with Gasteiger partial charge in [-0.2, -0.15) is 0 Å². The molecule has 2 aromatic carbocycles. The zero-order valence-electron chi connectivity index (χ0n) is 11.0. The van der Waals surface area contributed by atoms with Gasteiger partial charge in [0.15, 0.2) is 0 Å². The van der Waals surface area contributed by atoms with Gasteiger partial charge < -0.3 is 10.5 Å². The van der Waals surface area contributed by atoms with Crippen molar-refractivity contribution < 1.29 is 9.66 Å². The van der Waals surface area contributed by atoms with E-state index in [1.165, 1.54) is 6.07 Å². The quantitative estimate of drug-likeness (QED) is 0.617. The van der Waals surface area contributed by atoms with Crippen LogP contribution in [0.1, 0.15) is 18.5 Å². The molecule has 0 aliphatic rings. The monoisotopic (exact) mass is 370 g/mol. The Morgan fingerprint density at radius 1 is 1.33 bits per heavy atom. The summed E-state index contributed by atoms with van der Waals surface area (Å²) in [5, 5.41) is 11.3. The van der Waals surface area contributed by atoms with Crippen LogP contribution in [0.3, 0.4) is 0 Å². The molecule has 2 rings (SSSR count).